The molecule has 0 amide bonds. The van der Waals surface area contributed by atoms with Gasteiger partial charge < -0.3 is 24.4 Å². The van der Waals surface area contributed by atoms with Crippen LogP contribution in [-0.2, 0) is 38.5 Å². The number of piperidine rings is 1. The quantitative estimate of drug-likeness (QED) is 0.112. The van der Waals surface area contributed by atoms with Gasteiger partial charge in [-0.15, -0.1) is 0 Å². The van der Waals surface area contributed by atoms with Crippen molar-refractivity contribution in [3.05, 3.63) is 168 Å². The first-order chi connectivity index (χ1) is 25.4. The maximum atomic E-state index is 7.62. The number of hydrogen-bond acceptors (Lipinski definition) is 6. The lowest BCUT2D eigenvalue weighted by Gasteiger charge is -2.50. The van der Waals surface area contributed by atoms with Gasteiger partial charge in [-0.1, -0.05) is 172 Å². The Bertz CT molecular complexity index is 1700. The molecule has 5 aromatic carbocycles. The van der Waals surface area contributed by atoms with Crippen molar-refractivity contribution in [3.63, 3.8) is 0 Å². The lowest BCUT2D eigenvalue weighted by Crippen LogP contribution is -2.70. The average molecular weight is 715 g/mol. The Morgan fingerprint density at radius 1 is 0.577 bits per heavy atom. The van der Waals surface area contributed by atoms with Crippen molar-refractivity contribution in [2.24, 2.45) is 5.73 Å². The van der Waals surface area contributed by atoms with E-state index in [0.29, 0.717) is 46.1 Å². The molecule has 4 atom stereocenters. The zero-order valence-electron chi connectivity index (χ0n) is 30.9. The predicted molar refractivity (Wildman–Crippen MR) is 213 cm³/mol. The standard InChI is InChI=1S/C45H54N2O4Si/c1-45(2,3)52(39-25-15-7-16-26-39,40-27-17-8-18-28-40)51-35-41-43(49-33-37-21-11-5-12-22-37)44(50-34-38-23-13-6-14-24-38)42(31-47(41)30-29-46)48-32-36-19-9-4-10-20-36/h4-28,41-44H,29-35,46H2,1-3H3/t41-,42-,43+,44+/m0/s1. The Labute approximate surface area is 311 Å². The van der Waals surface area contributed by atoms with Gasteiger partial charge in [0.25, 0.3) is 8.32 Å². The highest BCUT2D eigenvalue weighted by Crippen LogP contribution is 2.38. The van der Waals surface area contributed by atoms with E-state index in [9.17, 15) is 0 Å². The van der Waals surface area contributed by atoms with E-state index in [-0.39, 0.29) is 29.4 Å². The molecule has 1 saturated heterocycles. The fourth-order valence-electron chi connectivity index (χ4n) is 7.57. The second-order valence-corrected chi connectivity index (χ2v) is 19.0. The van der Waals surface area contributed by atoms with Gasteiger partial charge in [0, 0.05) is 19.6 Å². The van der Waals surface area contributed by atoms with E-state index in [4.69, 9.17) is 24.4 Å². The van der Waals surface area contributed by atoms with Crippen LogP contribution in [0, 0.1) is 0 Å². The van der Waals surface area contributed by atoms with Gasteiger partial charge in [-0.3, -0.25) is 4.90 Å². The second kappa shape index (κ2) is 18.2. The molecule has 0 spiro atoms. The Morgan fingerprint density at radius 3 is 1.40 bits per heavy atom. The van der Waals surface area contributed by atoms with Gasteiger partial charge >= 0.3 is 0 Å². The van der Waals surface area contributed by atoms with Crippen LogP contribution in [0.4, 0.5) is 0 Å². The van der Waals surface area contributed by atoms with Crippen LogP contribution in [-0.4, -0.2) is 63.8 Å². The van der Waals surface area contributed by atoms with Crippen LogP contribution < -0.4 is 16.1 Å². The van der Waals surface area contributed by atoms with Crippen molar-refractivity contribution >= 4 is 18.7 Å². The molecule has 7 heteroatoms. The molecule has 0 radical (unpaired) electrons. The number of benzene rings is 5. The first-order valence-electron chi connectivity index (χ1n) is 18.5. The van der Waals surface area contributed by atoms with Gasteiger partial charge in [-0.05, 0) is 32.1 Å². The second-order valence-electron chi connectivity index (χ2n) is 14.7. The Balaban J connectivity index is 1.40. The molecule has 0 unspecified atom stereocenters. The molecule has 1 aliphatic heterocycles. The minimum absolute atomic E-state index is 0.147. The lowest BCUT2D eigenvalue weighted by molar-refractivity contribution is -0.206. The summed E-state index contributed by atoms with van der Waals surface area (Å²) in [6.07, 6.45) is -1.00. The Morgan fingerprint density at radius 2 is 0.981 bits per heavy atom. The van der Waals surface area contributed by atoms with Gasteiger partial charge in [-0.25, -0.2) is 0 Å². The van der Waals surface area contributed by atoms with Crippen LogP contribution in [0.25, 0.3) is 0 Å². The van der Waals surface area contributed by atoms with Crippen LogP contribution in [0.5, 0.6) is 0 Å². The summed E-state index contributed by atoms with van der Waals surface area (Å²) in [5, 5.41) is 2.32. The molecule has 52 heavy (non-hydrogen) atoms. The van der Waals surface area contributed by atoms with Crippen molar-refractivity contribution in [2.45, 2.75) is 70.0 Å². The number of ether oxygens (including phenoxy) is 3. The highest BCUT2D eigenvalue weighted by molar-refractivity contribution is 6.99. The molecule has 2 N–H and O–H groups in total. The molecule has 6 nitrogen and oxygen atoms in total. The summed E-state index contributed by atoms with van der Waals surface area (Å²) >= 11 is 0. The summed E-state index contributed by atoms with van der Waals surface area (Å²) in [6.45, 7) is 10.6. The topological polar surface area (TPSA) is 66.2 Å². The molecule has 5 aromatic rings. The smallest absolute Gasteiger partial charge is 0.261 e. The van der Waals surface area contributed by atoms with Crippen LogP contribution in [0.3, 0.4) is 0 Å². The number of hydrogen-bond donors (Lipinski definition) is 1. The van der Waals surface area contributed by atoms with E-state index in [0.717, 1.165) is 16.7 Å². The number of nitrogens with two attached hydrogens (primary N) is 1. The summed E-state index contributed by atoms with van der Waals surface area (Å²) < 4.78 is 28.4. The third-order valence-electron chi connectivity index (χ3n) is 10.1. The number of rotatable bonds is 16. The van der Waals surface area contributed by atoms with Crippen molar-refractivity contribution in [2.75, 3.05) is 26.2 Å². The normalized spacial score (nSPS) is 19.8. The zero-order valence-corrected chi connectivity index (χ0v) is 31.9. The Kier molecular flexibility index (Phi) is 13.2. The molecule has 0 aromatic heterocycles. The van der Waals surface area contributed by atoms with E-state index in [1.807, 2.05) is 30.3 Å². The largest absolute Gasteiger partial charge is 0.406 e. The maximum Gasteiger partial charge on any atom is 0.261 e. The Hall–Kier alpha value is -3.92. The summed E-state index contributed by atoms with van der Waals surface area (Å²) in [4.78, 5) is 2.42. The van der Waals surface area contributed by atoms with Crippen molar-refractivity contribution in [1.82, 2.24) is 4.90 Å². The zero-order chi connectivity index (χ0) is 36.2. The third kappa shape index (κ3) is 9.16. The minimum atomic E-state index is -2.86. The molecule has 6 rings (SSSR count). The molecule has 1 heterocycles. The van der Waals surface area contributed by atoms with Gasteiger partial charge in [0.15, 0.2) is 0 Å². The summed E-state index contributed by atoms with van der Waals surface area (Å²) in [5.74, 6) is 0. The maximum absolute atomic E-state index is 7.62. The summed E-state index contributed by atoms with van der Waals surface area (Å²) in [7, 11) is -2.86. The minimum Gasteiger partial charge on any atom is -0.406 e. The van der Waals surface area contributed by atoms with Crippen LogP contribution in [0.15, 0.2) is 152 Å². The molecular weight excluding hydrogens is 661 g/mol. The van der Waals surface area contributed by atoms with Gasteiger partial charge in [0.2, 0.25) is 0 Å². The van der Waals surface area contributed by atoms with Gasteiger partial charge in [0.1, 0.15) is 12.2 Å². The molecule has 0 bridgehead atoms. The first kappa shape index (κ1) is 37.8. The van der Waals surface area contributed by atoms with Gasteiger partial charge in [0.05, 0.1) is 38.6 Å². The molecule has 1 aliphatic rings. The fourth-order valence-corrected chi connectivity index (χ4v) is 12.1. The van der Waals surface area contributed by atoms with E-state index in [1.165, 1.54) is 10.4 Å². The third-order valence-corrected chi connectivity index (χ3v) is 15.1. The fraction of sp³-hybridized carbons (Fsp3) is 0.333. The molecule has 0 saturated carbocycles. The van der Waals surface area contributed by atoms with Crippen molar-refractivity contribution in [3.8, 4) is 0 Å². The van der Waals surface area contributed by atoms with E-state index < -0.39 is 8.32 Å². The highest BCUT2D eigenvalue weighted by atomic mass is 28.4. The molecular formula is C45H54N2O4Si. The van der Waals surface area contributed by atoms with Gasteiger partial charge in [-0.2, -0.15) is 0 Å². The van der Waals surface area contributed by atoms with Crippen molar-refractivity contribution in [1.29, 1.82) is 0 Å². The van der Waals surface area contributed by atoms with Crippen LogP contribution >= 0.6 is 0 Å². The first-order valence-corrected chi connectivity index (χ1v) is 20.5. The predicted octanol–water partition coefficient (Wildman–Crippen LogP) is 6.96. The van der Waals surface area contributed by atoms with Crippen LogP contribution in [0.2, 0.25) is 5.04 Å². The molecule has 0 aliphatic carbocycles. The van der Waals surface area contributed by atoms with Crippen molar-refractivity contribution < 1.29 is 18.6 Å². The molecule has 272 valence electrons. The van der Waals surface area contributed by atoms with Crippen LogP contribution in [0.1, 0.15) is 37.5 Å². The average Bonchev–Trinajstić information content (AvgIpc) is 3.18. The van der Waals surface area contributed by atoms with E-state index >= 15 is 0 Å². The number of nitrogens with zero attached hydrogens (tertiary/aromatic N) is 1. The molecule has 1 fully saturated rings. The SMILES string of the molecule is CC(C)(C)[Si](OC[C@H]1[C@@H](OCc2ccccc2)[C@H](OCc2ccccc2)[C@@H](OCc2ccccc2)CN1CCN)(c1ccccc1)c1ccccc1. The summed E-state index contributed by atoms with van der Waals surface area (Å²) in [6, 6.07) is 52.5. The monoisotopic (exact) mass is 714 g/mol. The van der Waals surface area contributed by atoms with E-state index in [1.54, 1.807) is 0 Å². The van der Waals surface area contributed by atoms with E-state index in [2.05, 4.69) is 147 Å². The lowest BCUT2D eigenvalue weighted by atomic mass is 9.93. The summed E-state index contributed by atoms with van der Waals surface area (Å²) in [5.41, 5.74) is 9.69. The highest BCUT2D eigenvalue weighted by Gasteiger charge is 2.52. The number of likely N-dealkylation sites (tertiary alicyclic amines) is 1.